The van der Waals surface area contributed by atoms with Gasteiger partial charge in [-0.05, 0) is 13.8 Å². The van der Waals surface area contributed by atoms with Gasteiger partial charge in [0.05, 0.1) is 12.3 Å². The third-order valence-electron chi connectivity index (χ3n) is 3.60. The van der Waals surface area contributed by atoms with Crippen molar-refractivity contribution in [1.29, 1.82) is 0 Å². The van der Waals surface area contributed by atoms with Crippen LogP contribution in [0.1, 0.15) is 12.6 Å². The molecule has 0 unspecified atom stereocenters. The zero-order valence-corrected chi connectivity index (χ0v) is 13.0. The fourth-order valence-corrected chi connectivity index (χ4v) is 2.52. The maximum atomic E-state index is 12.2. The Balaban J connectivity index is 2.15. The molecule has 0 saturated heterocycles. The molecule has 0 saturated carbocycles. The third kappa shape index (κ3) is 2.88. The average molecular weight is 311 g/mol. The van der Waals surface area contributed by atoms with Crippen LogP contribution in [-0.2, 0) is 16.1 Å². The van der Waals surface area contributed by atoms with Crippen molar-refractivity contribution >= 4 is 11.6 Å². The van der Waals surface area contributed by atoms with E-state index in [1.54, 1.807) is 18.4 Å². The molecule has 0 spiro atoms. The molecule has 0 N–H and O–H groups in total. The zero-order valence-electron chi connectivity index (χ0n) is 13.0. The number of hydrogen-bond acceptors (Lipinski definition) is 4. The molecule has 0 aliphatic heterocycles. The molecule has 6 nitrogen and oxygen atoms in total. The first kappa shape index (κ1) is 15.0. The Bertz CT molecular complexity index is 910. The van der Waals surface area contributed by atoms with Crippen LogP contribution in [-0.4, -0.2) is 26.8 Å². The number of carbonyl (C=O) groups is 1. The summed E-state index contributed by atoms with van der Waals surface area (Å²) in [5.74, 6) is -0.344. The summed E-state index contributed by atoms with van der Waals surface area (Å²) in [4.78, 5) is 24.0. The predicted octanol–water partition coefficient (Wildman–Crippen LogP) is 2.03. The highest BCUT2D eigenvalue weighted by atomic mass is 16.5. The number of benzene rings is 1. The number of carbonyl (C=O) groups excluding carboxylic acids is 1. The van der Waals surface area contributed by atoms with Crippen LogP contribution in [0.3, 0.4) is 0 Å². The Morgan fingerprint density at radius 3 is 2.65 bits per heavy atom. The van der Waals surface area contributed by atoms with Crippen LogP contribution in [0.5, 0.6) is 0 Å². The number of aryl methyl sites for hydroxylation is 1. The highest BCUT2D eigenvalue weighted by Gasteiger charge is 2.14. The van der Waals surface area contributed by atoms with Crippen molar-refractivity contribution in [3.05, 3.63) is 58.5 Å². The zero-order chi connectivity index (χ0) is 16.4. The normalized spacial score (nSPS) is 10.9. The van der Waals surface area contributed by atoms with Crippen LogP contribution in [0.25, 0.3) is 16.9 Å². The predicted molar refractivity (Wildman–Crippen MR) is 86.3 cm³/mol. The van der Waals surface area contributed by atoms with Gasteiger partial charge < -0.3 is 9.30 Å². The number of ether oxygens (including phenoxy) is 1. The van der Waals surface area contributed by atoms with E-state index in [4.69, 9.17) is 4.74 Å². The van der Waals surface area contributed by atoms with Crippen molar-refractivity contribution in [3.8, 4) is 11.3 Å². The first-order chi connectivity index (χ1) is 11.1. The maximum Gasteiger partial charge on any atom is 0.326 e. The van der Waals surface area contributed by atoms with E-state index < -0.39 is 0 Å². The Hall–Kier alpha value is -2.89. The number of esters is 1. The molecule has 1 aromatic carbocycles. The molecule has 3 aromatic rings. The average Bonchev–Trinajstić information content (AvgIpc) is 2.98. The number of hydrogen-bond donors (Lipinski definition) is 0. The molecule has 2 heterocycles. The van der Waals surface area contributed by atoms with E-state index in [0.717, 1.165) is 5.56 Å². The van der Waals surface area contributed by atoms with Gasteiger partial charge in [-0.2, -0.15) is 9.61 Å². The molecule has 0 amide bonds. The molecule has 2 aromatic heterocycles. The monoisotopic (exact) mass is 311 g/mol. The number of rotatable bonds is 4. The van der Waals surface area contributed by atoms with E-state index in [-0.39, 0.29) is 18.1 Å². The second-order valence-corrected chi connectivity index (χ2v) is 5.18. The first-order valence-electron chi connectivity index (χ1n) is 7.41. The third-order valence-corrected chi connectivity index (χ3v) is 3.60. The highest BCUT2D eigenvalue weighted by Crippen LogP contribution is 2.19. The first-order valence-corrected chi connectivity index (χ1v) is 7.41. The number of nitrogens with zero attached hydrogens (tertiary/aromatic N) is 3. The van der Waals surface area contributed by atoms with Gasteiger partial charge >= 0.3 is 5.97 Å². The van der Waals surface area contributed by atoms with Gasteiger partial charge in [-0.3, -0.25) is 9.59 Å². The molecular weight excluding hydrogens is 294 g/mol. The summed E-state index contributed by atoms with van der Waals surface area (Å²) in [6.07, 6.45) is 0. The second kappa shape index (κ2) is 6.08. The summed E-state index contributed by atoms with van der Waals surface area (Å²) < 4.78 is 8.05. The minimum absolute atomic E-state index is 0.0450. The lowest BCUT2D eigenvalue weighted by atomic mass is 10.2. The van der Waals surface area contributed by atoms with Crippen molar-refractivity contribution in [1.82, 2.24) is 14.2 Å². The Morgan fingerprint density at radius 1 is 1.22 bits per heavy atom. The maximum absolute atomic E-state index is 12.2. The van der Waals surface area contributed by atoms with Crippen LogP contribution in [0.2, 0.25) is 0 Å². The summed E-state index contributed by atoms with van der Waals surface area (Å²) in [6.45, 7) is 3.92. The van der Waals surface area contributed by atoms with E-state index in [9.17, 15) is 9.59 Å². The van der Waals surface area contributed by atoms with Gasteiger partial charge in [-0.15, -0.1) is 0 Å². The Morgan fingerprint density at radius 2 is 1.96 bits per heavy atom. The van der Waals surface area contributed by atoms with Crippen LogP contribution >= 0.6 is 0 Å². The molecule has 3 rings (SSSR count). The molecule has 23 heavy (non-hydrogen) atoms. The standard InChI is InChI=1S/C17H17N3O3/c1-3-23-17(22)11-19-12(2)9-16(21)20-15(19)10-14(18-20)13-7-5-4-6-8-13/h4-10H,3,11H2,1-2H3. The lowest BCUT2D eigenvalue weighted by molar-refractivity contribution is -0.143. The quantitative estimate of drug-likeness (QED) is 0.692. The van der Waals surface area contributed by atoms with Crippen molar-refractivity contribution in [2.24, 2.45) is 0 Å². The van der Waals surface area contributed by atoms with Crippen molar-refractivity contribution in [2.45, 2.75) is 20.4 Å². The number of fused-ring (bicyclic) bond motifs is 1. The van der Waals surface area contributed by atoms with Gasteiger partial charge in [0.15, 0.2) is 0 Å². The molecule has 0 radical (unpaired) electrons. The van der Waals surface area contributed by atoms with Crippen molar-refractivity contribution in [2.75, 3.05) is 6.61 Å². The van der Waals surface area contributed by atoms with E-state index in [1.807, 2.05) is 36.4 Å². The van der Waals surface area contributed by atoms with E-state index >= 15 is 0 Å². The summed E-state index contributed by atoms with van der Waals surface area (Å²) in [6, 6.07) is 12.9. The SMILES string of the molecule is CCOC(=O)Cn1c(C)cc(=O)n2nc(-c3ccccc3)cc12. The summed E-state index contributed by atoms with van der Waals surface area (Å²) in [7, 11) is 0. The van der Waals surface area contributed by atoms with E-state index in [0.29, 0.717) is 23.6 Å². The minimum atomic E-state index is -0.344. The molecule has 0 atom stereocenters. The summed E-state index contributed by atoms with van der Waals surface area (Å²) in [5, 5.41) is 4.37. The van der Waals surface area contributed by atoms with Crippen molar-refractivity contribution < 1.29 is 9.53 Å². The summed E-state index contributed by atoms with van der Waals surface area (Å²) in [5.41, 5.74) is 2.64. The van der Waals surface area contributed by atoms with Gasteiger partial charge in [0.2, 0.25) is 0 Å². The van der Waals surface area contributed by atoms with Crippen molar-refractivity contribution in [3.63, 3.8) is 0 Å². The van der Waals surface area contributed by atoms with E-state index in [2.05, 4.69) is 5.10 Å². The summed E-state index contributed by atoms with van der Waals surface area (Å²) >= 11 is 0. The van der Waals surface area contributed by atoms with Gasteiger partial charge in [-0.1, -0.05) is 30.3 Å². The van der Waals surface area contributed by atoms with Crippen LogP contribution in [0, 0.1) is 6.92 Å². The largest absolute Gasteiger partial charge is 0.465 e. The smallest absolute Gasteiger partial charge is 0.326 e. The molecule has 0 aliphatic rings. The fraction of sp³-hybridized carbons (Fsp3) is 0.235. The Kier molecular flexibility index (Phi) is 3.97. The highest BCUT2D eigenvalue weighted by molar-refractivity contribution is 5.71. The van der Waals surface area contributed by atoms with E-state index in [1.165, 1.54) is 10.6 Å². The lowest BCUT2D eigenvalue weighted by Crippen LogP contribution is -2.23. The molecule has 118 valence electrons. The second-order valence-electron chi connectivity index (χ2n) is 5.18. The van der Waals surface area contributed by atoms with Gasteiger partial charge in [0.1, 0.15) is 12.2 Å². The fourth-order valence-electron chi connectivity index (χ4n) is 2.52. The van der Waals surface area contributed by atoms with Crippen LogP contribution in [0.4, 0.5) is 0 Å². The molecule has 0 aliphatic carbocycles. The van der Waals surface area contributed by atoms with Gasteiger partial charge in [-0.25, -0.2) is 0 Å². The molecule has 6 heteroatoms. The van der Waals surface area contributed by atoms with Gasteiger partial charge in [0.25, 0.3) is 5.56 Å². The van der Waals surface area contributed by atoms with Crippen LogP contribution < -0.4 is 5.56 Å². The minimum Gasteiger partial charge on any atom is -0.465 e. The van der Waals surface area contributed by atoms with Crippen LogP contribution in [0.15, 0.2) is 47.3 Å². The number of aromatic nitrogens is 3. The lowest BCUT2D eigenvalue weighted by Gasteiger charge is -2.11. The molecular formula is C17H17N3O3. The van der Waals surface area contributed by atoms with Gasteiger partial charge in [0, 0.05) is 23.4 Å². The topological polar surface area (TPSA) is 65.6 Å². The molecule has 0 bridgehead atoms. The Labute approximate surface area is 132 Å². The molecule has 0 fully saturated rings.